The Balaban J connectivity index is 3.05. The predicted molar refractivity (Wildman–Crippen MR) is 68.5 cm³/mol. The lowest BCUT2D eigenvalue weighted by atomic mass is 10.2. The molecule has 0 saturated carbocycles. The first-order valence-corrected chi connectivity index (χ1v) is 5.55. The molecular weight excluding hydrogens is 256 g/mol. The molecule has 1 aromatic rings. The van der Waals surface area contributed by atoms with Crippen molar-refractivity contribution in [1.82, 2.24) is 4.90 Å². The van der Waals surface area contributed by atoms with Crippen LogP contribution in [0, 0.1) is 22.5 Å². The number of nitrogens with zero attached hydrogens (tertiary/aromatic N) is 2. The molecule has 1 rings (SSSR count). The maximum Gasteiger partial charge on any atom is 0.287 e. The Hall–Kier alpha value is -2.06. The van der Waals surface area contributed by atoms with Gasteiger partial charge in [0.05, 0.1) is 11.5 Å². The molecule has 0 aliphatic carbocycles. The van der Waals surface area contributed by atoms with Gasteiger partial charge in [0.15, 0.2) is 0 Å². The third-order valence-electron chi connectivity index (χ3n) is 2.34. The van der Waals surface area contributed by atoms with Crippen LogP contribution in [-0.4, -0.2) is 28.8 Å². The van der Waals surface area contributed by atoms with Gasteiger partial charge in [0.25, 0.3) is 11.6 Å². The molecule has 0 aliphatic heterocycles. The second-order valence-electron chi connectivity index (χ2n) is 3.45. The molecule has 18 heavy (non-hydrogen) atoms. The minimum absolute atomic E-state index is 0.0670. The number of hydrogen-bond donors (Lipinski definition) is 0. The quantitative estimate of drug-likeness (QED) is 0.477. The SMILES string of the molecule is C#CCN(CC)C(=O)c1ccc([N+](=O)[O-])c(Cl)c1. The van der Waals surface area contributed by atoms with Crippen LogP contribution in [0.3, 0.4) is 0 Å². The van der Waals surface area contributed by atoms with Crippen molar-refractivity contribution in [2.75, 3.05) is 13.1 Å². The number of rotatable bonds is 4. The van der Waals surface area contributed by atoms with Crippen molar-refractivity contribution in [3.05, 3.63) is 38.9 Å². The van der Waals surface area contributed by atoms with E-state index in [-0.39, 0.29) is 28.7 Å². The second kappa shape index (κ2) is 6.03. The van der Waals surface area contributed by atoms with Crippen LogP contribution >= 0.6 is 11.6 Å². The maximum atomic E-state index is 12.0. The molecule has 1 aromatic carbocycles. The zero-order valence-corrected chi connectivity index (χ0v) is 10.5. The first-order chi connectivity index (χ1) is 8.51. The lowest BCUT2D eigenvalue weighted by Crippen LogP contribution is -2.31. The molecule has 0 aliphatic rings. The van der Waals surface area contributed by atoms with E-state index in [1.807, 2.05) is 0 Å². The third-order valence-corrected chi connectivity index (χ3v) is 2.65. The van der Waals surface area contributed by atoms with E-state index in [4.69, 9.17) is 18.0 Å². The molecule has 94 valence electrons. The summed E-state index contributed by atoms with van der Waals surface area (Å²) in [6.45, 7) is 2.43. The third kappa shape index (κ3) is 2.99. The van der Waals surface area contributed by atoms with Crippen LogP contribution in [0.1, 0.15) is 17.3 Å². The average molecular weight is 267 g/mol. The van der Waals surface area contributed by atoms with Crippen molar-refractivity contribution in [2.45, 2.75) is 6.92 Å². The van der Waals surface area contributed by atoms with Crippen molar-refractivity contribution in [1.29, 1.82) is 0 Å². The largest absolute Gasteiger partial charge is 0.328 e. The van der Waals surface area contributed by atoms with E-state index >= 15 is 0 Å². The molecule has 0 fully saturated rings. The number of hydrogen-bond acceptors (Lipinski definition) is 3. The van der Waals surface area contributed by atoms with Crippen LogP contribution in [0.25, 0.3) is 0 Å². The zero-order valence-electron chi connectivity index (χ0n) is 9.72. The van der Waals surface area contributed by atoms with Gasteiger partial charge in [-0.3, -0.25) is 14.9 Å². The fourth-order valence-corrected chi connectivity index (χ4v) is 1.66. The smallest absolute Gasteiger partial charge is 0.287 e. The molecule has 6 heteroatoms. The number of amides is 1. The molecule has 0 spiro atoms. The summed E-state index contributed by atoms with van der Waals surface area (Å²) in [5.41, 5.74) is 0.0518. The van der Waals surface area contributed by atoms with Gasteiger partial charge in [0.1, 0.15) is 5.02 Å². The molecule has 0 heterocycles. The van der Waals surface area contributed by atoms with Gasteiger partial charge in [-0.15, -0.1) is 6.42 Å². The number of carbonyl (C=O) groups is 1. The normalized spacial score (nSPS) is 9.61. The summed E-state index contributed by atoms with van der Waals surface area (Å²) in [4.78, 5) is 23.4. The van der Waals surface area contributed by atoms with Crippen LogP contribution < -0.4 is 0 Å². The number of nitro groups is 1. The summed E-state index contributed by atoms with van der Waals surface area (Å²) in [5.74, 6) is 2.08. The highest BCUT2D eigenvalue weighted by Gasteiger charge is 2.18. The maximum absolute atomic E-state index is 12.0. The van der Waals surface area contributed by atoms with E-state index in [1.54, 1.807) is 6.92 Å². The van der Waals surface area contributed by atoms with Crippen LogP contribution in [0.4, 0.5) is 5.69 Å². The Morgan fingerprint density at radius 1 is 1.61 bits per heavy atom. The molecular formula is C12H11ClN2O3. The van der Waals surface area contributed by atoms with Crippen molar-refractivity contribution in [3.8, 4) is 12.3 Å². The molecule has 5 nitrogen and oxygen atoms in total. The molecule has 0 unspecified atom stereocenters. The Bertz CT molecular complexity index is 523. The van der Waals surface area contributed by atoms with E-state index < -0.39 is 4.92 Å². The molecule has 1 amide bonds. The number of nitro benzene ring substituents is 1. The fourth-order valence-electron chi connectivity index (χ4n) is 1.41. The van der Waals surface area contributed by atoms with Gasteiger partial charge in [0, 0.05) is 18.2 Å². The van der Waals surface area contributed by atoms with Gasteiger partial charge in [-0.2, -0.15) is 0 Å². The van der Waals surface area contributed by atoms with E-state index in [2.05, 4.69) is 5.92 Å². The van der Waals surface area contributed by atoms with Crippen molar-refractivity contribution in [3.63, 3.8) is 0 Å². The summed E-state index contributed by atoms with van der Waals surface area (Å²) < 4.78 is 0. The van der Waals surface area contributed by atoms with Crippen LogP contribution in [-0.2, 0) is 0 Å². The highest BCUT2D eigenvalue weighted by Crippen LogP contribution is 2.25. The Morgan fingerprint density at radius 3 is 2.72 bits per heavy atom. The van der Waals surface area contributed by atoms with Gasteiger partial charge < -0.3 is 4.90 Å². The fraction of sp³-hybridized carbons (Fsp3) is 0.250. The second-order valence-corrected chi connectivity index (χ2v) is 3.85. The summed E-state index contributed by atoms with van der Waals surface area (Å²) >= 11 is 5.74. The Kier molecular flexibility index (Phi) is 4.69. The summed E-state index contributed by atoms with van der Waals surface area (Å²) in [5, 5.41) is 10.5. The molecule has 0 bridgehead atoms. The van der Waals surface area contributed by atoms with Gasteiger partial charge in [-0.05, 0) is 19.1 Å². The number of halogens is 1. The summed E-state index contributed by atoms with van der Waals surface area (Å²) in [7, 11) is 0. The minimum atomic E-state index is -0.602. The first-order valence-electron chi connectivity index (χ1n) is 5.18. The van der Waals surface area contributed by atoms with Crippen molar-refractivity contribution < 1.29 is 9.72 Å². The van der Waals surface area contributed by atoms with E-state index in [1.165, 1.54) is 23.1 Å². The predicted octanol–water partition coefficient (Wildman–Crippen LogP) is 2.34. The first kappa shape index (κ1) is 14.0. The Morgan fingerprint density at radius 2 is 2.28 bits per heavy atom. The topological polar surface area (TPSA) is 63.5 Å². The highest BCUT2D eigenvalue weighted by atomic mass is 35.5. The zero-order chi connectivity index (χ0) is 13.7. The van der Waals surface area contributed by atoms with E-state index in [9.17, 15) is 14.9 Å². The van der Waals surface area contributed by atoms with Gasteiger partial charge >= 0.3 is 0 Å². The molecule has 0 aromatic heterocycles. The standard InChI is InChI=1S/C12H11ClN2O3/c1-3-7-14(4-2)12(16)9-5-6-11(15(17)18)10(13)8-9/h1,5-6,8H,4,7H2,2H3. The number of carbonyl (C=O) groups excluding carboxylic acids is 1. The lowest BCUT2D eigenvalue weighted by molar-refractivity contribution is -0.384. The van der Waals surface area contributed by atoms with Crippen molar-refractivity contribution in [2.24, 2.45) is 0 Å². The van der Waals surface area contributed by atoms with Gasteiger partial charge in [0.2, 0.25) is 0 Å². The number of benzene rings is 1. The van der Waals surface area contributed by atoms with Gasteiger partial charge in [-0.1, -0.05) is 17.5 Å². The molecule has 0 N–H and O–H groups in total. The summed E-state index contributed by atoms with van der Waals surface area (Å²) in [6, 6.07) is 3.85. The van der Waals surface area contributed by atoms with E-state index in [0.717, 1.165) is 0 Å². The minimum Gasteiger partial charge on any atom is -0.328 e. The molecule has 0 atom stereocenters. The van der Waals surface area contributed by atoms with Gasteiger partial charge in [-0.25, -0.2) is 0 Å². The summed E-state index contributed by atoms with van der Waals surface area (Å²) in [6.07, 6.45) is 5.16. The molecule has 0 radical (unpaired) electrons. The molecule has 0 saturated heterocycles. The van der Waals surface area contributed by atoms with E-state index in [0.29, 0.717) is 6.54 Å². The monoisotopic (exact) mass is 266 g/mol. The Labute approximate surface area is 109 Å². The lowest BCUT2D eigenvalue weighted by Gasteiger charge is -2.17. The average Bonchev–Trinajstić information content (AvgIpc) is 2.34. The van der Waals surface area contributed by atoms with Crippen LogP contribution in [0.2, 0.25) is 5.02 Å². The number of terminal acetylenes is 1. The van der Waals surface area contributed by atoms with Crippen molar-refractivity contribution >= 4 is 23.2 Å². The van der Waals surface area contributed by atoms with Crippen LogP contribution in [0.15, 0.2) is 18.2 Å². The highest BCUT2D eigenvalue weighted by molar-refractivity contribution is 6.33. The van der Waals surface area contributed by atoms with Crippen LogP contribution in [0.5, 0.6) is 0 Å².